The highest BCUT2D eigenvalue weighted by Gasteiger charge is 1.60. The Labute approximate surface area is 56.5 Å². The molecule has 0 aromatic carbocycles. The van der Waals surface area contributed by atoms with Crippen LogP contribution in [0.15, 0.2) is 11.0 Å². The van der Waals surface area contributed by atoms with Crippen molar-refractivity contribution in [1.29, 1.82) is 0 Å². The van der Waals surface area contributed by atoms with Crippen molar-refractivity contribution in [2.45, 2.75) is 14.9 Å². The summed E-state index contributed by atoms with van der Waals surface area (Å²) < 4.78 is 0. The van der Waals surface area contributed by atoms with E-state index in [0.29, 0.717) is 0 Å². The summed E-state index contributed by atoms with van der Waals surface area (Å²) in [5, 5.41) is 6.98. The van der Waals surface area contributed by atoms with Gasteiger partial charge >= 0.3 is 0 Å². The second-order valence-corrected chi connectivity index (χ2v) is 1.27. The van der Waals surface area contributed by atoms with Gasteiger partial charge < -0.3 is 0 Å². The lowest BCUT2D eigenvalue weighted by Crippen LogP contribution is -1.53. The minimum atomic E-state index is 0. The third kappa shape index (κ3) is 5.62. The molecule has 0 N–H and O–H groups in total. The standard InChI is InChI=1S/C2H2N2S.2CH4.B/c1-3-4-2-5-1;;;/h1-2H;2*1H4;. The van der Waals surface area contributed by atoms with E-state index in [1.54, 1.807) is 11.0 Å². The van der Waals surface area contributed by atoms with Gasteiger partial charge in [0, 0.05) is 8.41 Å². The van der Waals surface area contributed by atoms with Gasteiger partial charge in [-0.05, 0) is 0 Å². The fourth-order valence-corrected chi connectivity index (χ4v) is 0.408. The van der Waals surface area contributed by atoms with Crippen LogP contribution in [0, 0.1) is 0 Å². The van der Waals surface area contributed by atoms with E-state index in [1.807, 2.05) is 0 Å². The Morgan fingerprint density at radius 1 is 1.00 bits per heavy atom. The zero-order valence-electron chi connectivity index (χ0n) is 3.03. The summed E-state index contributed by atoms with van der Waals surface area (Å²) in [5.74, 6) is 0. The molecule has 1 heterocycles. The Balaban J connectivity index is -0.0000000833. The molecule has 1 aromatic rings. The Hall–Kier alpha value is -0.375. The summed E-state index contributed by atoms with van der Waals surface area (Å²) in [6.07, 6.45) is 0. The van der Waals surface area contributed by atoms with Crippen LogP contribution in [0.25, 0.3) is 0 Å². The molecular weight excluding hydrogens is 119 g/mol. The van der Waals surface area contributed by atoms with Crippen LogP contribution in [-0.4, -0.2) is 18.6 Å². The van der Waals surface area contributed by atoms with Gasteiger partial charge in [0.1, 0.15) is 11.0 Å². The largest absolute Gasteiger partial charge is 0.147 e. The topological polar surface area (TPSA) is 25.8 Å². The molecule has 3 radical (unpaired) electrons. The van der Waals surface area contributed by atoms with E-state index in [1.165, 1.54) is 11.3 Å². The molecule has 4 heteroatoms. The lowest BCUT2D eigenvalue weighted by Gasteiger charge is -1.41. The monoisotopic (exact) mass is 129 g/mol. The van der Waals surface area contributed by atoms with Crippen LogP contribution in [0.5, 0.6) is 0 Å². The van der Waals surface area contributed by atoms with Gasteiger partial charge in [0.2, 0.25) is 0 Å². The van der Waals surface area contributed by atoms with Gasteiger partial charge in [-0.15, -0.1) is 21.5 Å². The fourth-order valence-electron chi connectivity index (χ4n) is 0.136. The molecule has 2 nitrogen and oxygen atoms in total. The van der Waals surface area contributed by atoms with Crippen molar-refractivity contribution in [1.82, 2.24) is 10.2 Å². The maximum atomic E-state index is 3.49. The van der Waals surface area contributed by atoms with E-state index >= 15 is 0 Å². The first-order chi connectivity index (χ1) is 2.50. The molecule has 0 fully saturated rings. The summed E-state index contributed by atoms with van der Waals surface area (Å²) in [6, 6.07) is 0. The van der Waals surface area contributed by atoms with E-state index < -0.39 is 0 Å². The molecule has 1 aromatic heterocycles. The van der Waals surface area contributed by atoms with Gasteiger partial charge in [0.15, 0.2) is 0 Å². The summed E-state index contributed by atoms with van der Waals surface area (Å²) in [5.41, 5.74) is 3.36. The molecule has 45 valence electrons. The highest BCUT2D eigenvalue weighted by atomic mass is 32.1. The van der Waals surface area contributed by atoms with Gasteiger partial charge in [-0.1, -0.05) is 14.9 Å². The third-order valence-electron chi connectivity index (χ3n) is 0.283. The maximum absolute atomic E-state index is 3.49. The molecule has 8 heavy (non-hydrogen) atoms. The second-order valence-electron chi connectivity index (χ2n) is 0.578. The first kappa shape index (κ1) is 15.6. The molecule has 0 aliphatic rings. The van der Waals surface area contributed by atoms with E-state index in [0.717, 1.165) is 0 Å². The average molecular weight is 129 g/mol. The quantitative estimate of drug-likeness (QED) is 0.495. The van der Waals surface area contributed by atoms with Crippen LogP contribution in [0.3, 0.4) is 0 Å². The summed E-state index contributed by atoms with van der Waals surface area (Å²) in [6.45, 7) is 0. The number of aromatic nitrogens is 2. The smallest absolute Gasteiger partial charge is 0.103 e. The summed E-state index contributed by atoms with van der Waals surface area (Å²) in [4.78, 5) is 0. The van der Waals surface area contributed by atoms with E-state index in [-0.39, 0.29) is 23.3 Å². The van der Waals surface area contributed by atoms with E-state index in [2.05, 4.69) is 10.2 Å². The normalized spacial score (nSPS) is 5.00. The lowest BCUT2D eigenvalue weighted by atomic mass is 10.8. The molecule has 0 amide bonds. The van der Waals surface area contributed by atoms with Crippen LogP contribution in [0.1, 0.15) is 14.9 Å². The Morgan fingerprint density at radius 3 is 1.50 bits per heavy atom. The average Bonchev–Trinajstić information content (AvgIpc) is 1.76. The van der Waals surface area contributed by atoms with Crippen LogP contribution in [-0.2, 0) is 0 Å². The number of hydrogen-bond acceptors (Lipinski definition) is 3. The molecule has 0 bridgehead atoms. The van der Waals surface area contributed by atoms with Crippen molar-refractivity contribution in [2.24, 2.45) is 0 Å². The van der Waals surface area contributed by atoms with Crippen LogP contribution < -0.4 is 0 Å². The molecule has 0 saturated carbocycles. The number of hydrogen-bond donors (Lipinski definition) is 0. The van der Waals surface area contributed by atoms with E-state index in [4.69, 9.17) is 0 Å². The van der Waals surface area contributed by atoms with Gasteiger partial charge in [-0.25, -0.2) is 0 Å². The van der Waals surface area contributed by atoms with Crippen molar-refractivity contribution >= 4 is 19.7 Å². The fraction of sp³-hybridized carbons (Fsp3) is 0.500. The van der Waals surface area contributed by atoms with Gasteiger partial charge in [-0.3, -0.25) is 0 Å². The molecule has 0 saturated heterocycles. The van der Waals surface area contributed by atoms with Crippen molar-refractivity contribution in [2.75, 3.05) is 0 Å². The first-order valence-electron chi connectivity index (χ1n) is 1.19. The van der Waals surface area contributed by atoms with Crippen LogP contribution >= 0.6 is 11.3 Å². The highest BCUT2D eigenvalue weighted by Crippen LogP contribution is 1.80. The van der Waals surface area contributed by atoms with Gasteiger partial charge in [0.05, 0.1) is 0 Å². The van der Waals surface area contributed by atoms with Crippen LogP contribution in [0.2, 0.25) is 0 Å². The maximum Gasteiger partial charge on any atom is 0.103 e. The third-order valence-corrected chi connectivity index (χ3v) is 0.715. The molecule has 0 atom stereocenters. The van der Waals surface area contributed by atoms with Crippen molar-refractivity contribution in [3.05, 3.63) is 11.0 Å². The zero-order chi connectivity index (χ0) is 3.54. The number of nitrogens with zero attached hydrogens (tertiary/aromatic N) is 2. The first-order valence-corrected chi connectivity index (χ1v) is 2.13. The summed E-state index contributed by atoms with van der Waals surface area (Å²) >= 11 is 1.49. The summed E-state index contributed by atoms with van der Waals surface area (Å²) in [7, 11) is 0. The van der Waals surface area contributed by atoms with Gasteiger partial charge in [-0.2, -0.15) is 0 Å². The zero-order valence-corrected chi connectivity index (χ0v) is 3.85. The minimum absolute atomic E-state index is 0. The van der Waals surface area contributed by atoms with E-state index in [9.17, 15) is 0 Å². The predicted octanol–water partition coefficient (Wildman–Crippen LogP) is 1.43. The molecule has 1 rings (SSSR count). The second kappa shape index (κ2) is 9.80. The minimum Gasteiger partial charge on any atom is -0.147 e. The van der Waals surface area contributed by atoms with Crippen molar-refractivity contribution in [3.8, 4) is 0 Å². The van der Waals surface area contributed by atoms with Gasteiger partial charge in [0.25, 0.3) is 0 Å². The molecule has 0 spiro atoms. The molecular formula is C4H10BN2S. The SMILES string of the molecule is C.C.[B].c1nncs1. The highest BCUT2D eigenvalue weighted by molar-refractivity contribution is 7.07. The van der Waals surface area contributed by atoms with Crippen LogP contribution in [0.4, 0.5) is 0 Å². The predicted molar refractivity (Wildman–Crippen MR) is 39.1 cm³/mol. The van der Waals surface area contributed by atoms with Crippen molar-refractivity contribution in [3.63, 3.8) is 0 Å². The Bertz CT molecular complexity index is 70.5. The lowest BCUT2D eigenvalue weighted by molar-refractivity contribution is 1.09. The Morgan fingerprint density at radius 2 is 1.38 bits per heavy atom. The number of rotatable bonds is 0. The van der Waals surface area contributed by atoms with Crippen molar-refractivity contribution < 1.29 is 0 Å². The Kier molecular flexibility index (Phi) is 19.2. The molecule has 0 unspecified atom stereocenters. The molecule has 0 aliphatic heterocycles. The molecule has 0 aliphatic carbocycles.